The Kier molecular flexibility index (Phi) is 3.59. The van der Waals surface area contributed by atoms with Crippen LogP contribution in [0.25, 0.3) is 11.3 Å². The SMILES string of the molecule is CCOc1ccc(-c2cc(Cl)nc(C)n2)cc1. The van der Waals surface area contributed by atoms with E-state index < -0.39 is 0 Å². The Balaban J connectivity index is 2.32. The van der Waals surface area contributed by atoms with Crippen molar-refractivity contribution in [2.24, 2.45) is 0 Å². The first-order valence-corrected chi connectivity index (χ1v) is 5.81. The van der Waals surface area contributed by atoms with Crippen LogP contribution in [-0.4, -0.2) is 16.6 Å². The minimum Gasteiger partial charge on any atom is -0.494 e. The fraction of sp³-hybridized carbons (Fsp3) is 0.231. The number of rotatable bonds is 3. The van der Waals surface area contributed by atoms with Gasteiger partial charge in [-0.2, -0.15) is 0 Å². The largest absolute Gasteiger partial charge is 0.494 e. The molecule has 0 spiro atoms. The van der Waals surface area contributed by atoms with Crippen molar-refractivity contribution in [3.8, 4) is 17.0 Å². The molecule has 17 heavy (non-hydrogen) atoms. The molecule has 1 aromatic heterocycles. The number of benzene rings is 1. The molecule has 0 unspecified atom stereocenters. The van der Waals surface area contributed by atoms with Gasteiger partial charge in [-0.3, -0.25) is 0 Å². The lowest BCUT2D eigenvalue weighted by atomic mass is 10.1. The van der Waals surface area contributed by atoms with E-state index in [1.165, 1.54) is 0 Å². The third-order valence-corrected chi connectivity index (χ3v) is 2.46. The predicted molar refractivity (Wildman–Crippen MR) is 68.4 cm³/mol. The minimum absolute atomic E-state index is 0.460. The summed E-state index contributed by atoms with van der Waals surface area (Å²) in [6.07, 6.45) is 0. The van der Waals surface area contributed by atoms with Gasteiger partial charge in [-0.1, -0.05) is 11.6 Å². The molecule has 2 rings (SSSR count). The maximum atomic E-state index is 5.91. The molecule has 1 aromatic carbocycles. The van der Waals surface area contributed by atoms with Crippen molar-refractivity contribution >= 4 is 11.6 Å². The molecule has 0 aliphatic carbocycles. The van der Waals surface area contributed by atoms with Crippen molar-refractivity contribution < 1.29 is 4.74 Å². The van der Waals surface area contributed by atoms with Gasteiger partial charge in [0.25, 0.3) is 0 Å². The molecule has 0 radical (unpaired) electrons. The van der Waals surface area contributed by atoms with Gasteiger partial charge in [0.05, 0.1) is 12.3 Å². The Morgan fingerprint density at radius 1 is 1.18 bits per heavy atom. The molecule has 88 valence electrons. The highest BCUT2D eigenvalue weighted by Crippen LogP contribution is 2.22. The van der Waals surface area contributed by atoms with Crippen molar-refractivity contribution in [1.82, 2.24) is 9.97 Å². The van der Waals surface area contributed by atoms with Gasteiger partial charge < -0.3 is 4.74 Å². The third-order valence-electron chi connectivity index (χ3n) is 2.27. The van der Waals surface area contributed by atoms with Crippen LogP contribution in [0.2, 0.25) is 5.15 Å². The lowest BCUT2D eigenvalue weighted by Crippen LogP contribution is -1.93. The fourth-order valence-electron chi connectivity index (χ4n) is 1.57. The van der Waals surface area contributed by atoms with E-state index in [0.29, 0.717) is 17.6 Å². The van der Waals surface area contributed by atoms with E-state index in [9.17, 15) is 0 Å². The second-order valence-electron chi connectivity index (χ2n) is 3.58. The summed E-state index contributed by atoms with van der Waals surface area (Å²) in [7, 11) is 0. The van der Waals surface area contributed by atoms with Gasteiger partial charge in [-0.25, -0.2) is 9.97 Å². The maximum Gasteiger partial charge on any atom is 0.133 e. The summed E-state index contributed by atoms with van der Waals surface area (Å²) < 4.78 is 5.39. The molecule has 0 saturated carbocycles. The standard InChI is InChI=1S/C13H13ClN2O/c1-3-17-11-6-4-10(5-7-11)12-8-13(14)16-9(2)15-12/h4-8H,3H2,1-2H3. The number of ether oxygens (including phenoxy) is 1. The van der Waals surface area contributed by atoms with Crippen LogP contribution in [0.4, 0.5) is 0 Å². The lowest BCUT2D eigenvalue weighted by molar-refractivity contribution is 0.340. The topological polar surface area (TPSA) is 35.0 Å². The molecule has 0 fully saturated rings. The van der Waals surface area contributed by atoms with Crippen LogP contribution >= 0.6 is 11.6 Å². The average Bonchev–Trinajstić information content (AvgIpc) is 2.29. The number of aryl methyl sites for hydroxylation is 1. The van der Waals surface area contributed by atoms with E-state index in [1.807, 2.05) is 38.1 Å². The highest BCUT2D eigenvalue weighted by atomic mass is 35.5. The first kappa shape index (κ1) is 11.9. The molecule has 0 atom stereocenters. The number of aromatic nitrogens is 2. The molecule has 0 N–H and O–H groups in total. The number of nitrogens with zero attached hydrogens (tertiary/aromatic N) is 2. The summed E-state index contributed by atoms with van der Waals surface area (Å²) in [4.78, 5) is 8.38. The van der Waals surface area contributed by atoms with Gasteiger partial charge in [0.1, 0.15) is 16.7 Å². The summed E-state index contributed by atoms with van der Waals surface area (Å²) in [5, 5.41) is 0.460. The van der Waals surface area contributed by atoms with E-state index in [0.717, 1.165) is 17.0 Å². The second-order valence-corrected chi connectivity index (χ2v) is 3.97. The van der Waals surface area contributed by atoms with Crippen LogP contribution in [0, 0.1) is 6.92 Å². The van der Waals surface area contributed by atoms with Crippen molar-refractivity contribution in [3.63, 3.8) is 0 Å². The van der Waals surface area contributed by atoms with E-state index in [1.54, 1.807) is 6.07 Å². The molecule has 3 nitrogen and oxygen atoms in total. The summed E-state index contributed by atoms with van der Waals surface area (Å²) in [6.45, 7) is 4.45. The molecule has 4 heteroatoms. The molecular weight excluding hydrogens is 236 g/mol. The summed E-state index contributed by atoms with van der Waals surface area (Å²) in [6, 6.07) is 9.52. The van der Waals surface area contributed by atoms with Crippen LogP contribution in [0.1, 0.15) is 12.7 Å². The maximum absolute atomic E-state index is 5.91. The summed E-state index contributed by atoms with van der Waals surface area (Å²) in [5.74, 6) is 1.52. The predicted octanol–water partition coefficient (Wildman–Crippen LogP) is 3.50. The van der Waals surface area contributed by atoms with Crippen LogP contribution in [0.5, 0.6) is 5.75 Å². The molecule has 0 aliphatic heterocycles. The molecular formula is C13H13ClN2O. The van der Waals surface area contributed by atoms with Gasteiger partial charge in [0.15, 0.2) is 0 Å². The second kappa shape index (κ2) is 5.15. The fourth-order valence-corrected chi connectivity index (χ4v) is 1.79. The van der Waals surface area contributed by atoms with Crippen molar-refractivity contribution in [2.75, 3.05) is 6.61 Å². The first-order valence-electron chi connectivity index (χ1n) is 5.43. The van der Waals surface area contributed by atoms with Crippen LogP contribution in [0.3, 0.4) is 0 Å². The molecule has 1 heterocycles. The van der Waals surface area contributed by atoms with E-state index >= 15 is 0 Å². The van der Waals surface area contributed by atoms with Crippen LogP contribution < -0.4 is 4.74 Å². The van der Waals surface area contributed by atoms with Crippen molar-refractivity contribution in [3.05, 3.63) is 41.3 Å². The average molecular weight is 249 g/mol. The number of hydrogen-bond acceptors (Lipinski definition) is 3. The van der Waals surface area contributed by atoms with Crippen molar-refractivity contribution in [2.45, 2.75) is 13.8 Å². The normalized spacial score (nSPS) is 10.3. The third kappa shape index (κ3) is 2.94. The smallest absolute Gasteiger partial charge is 0.133 e. The zero-order valence-corrected chi connectivity index (χ0v) is 10.5. The van der Waals surface area contributed by atoms with Gasteiger partial charge in [0, 0.05) is 11.6 Å². The lowest BCUT2D eigenvalue weighted by Gasteiger charge is -2.05. The highest BCUT2D eigenvalue weighted by molar-refractivity contribution is 6.29. The van der Waals surface area contributed by atoms with E-state index in [4.69, 9.17) is 16.3 Å². The Bertz CT molecular complexity index is 491. The minimum atomic E-state index is 0.460. The van der Waals surface area contributed by atoms with Crippen LogP contribution in [0.15, 0.2) is 30.3 Å². The number of halogens is 1. The van der Waals surface area contributed by atoms with E-state index in [2.05, 4.69) is 9.97 Å². The number of hydrogen-bond donors (Lipinski definition) is 0. The molecule has 0 bridgehead atoms. The molecule has 0 amide bonds. The zero-order chi connectivity index (χ0) is 12.3. The first-order chi connectivity index (χ1) is 8.19. The Hall–Kier alpha value is -1.61. The van der Waals surface area contributed by atoms with Gasteiger partial charge in [-0.05, 0) is 38.1 Å². The van der Waals surface area contributed by atoms with Gasteiger partial charge in [0.2, 0.25) is 0 Å². The molecule has 0 saturated heterocycles. The zero-order valence-electron chi connectivity index (χ0n) is 9.77. The monoisotopic (exact) mass is 248 g/mol. The highest BCUT2D eigenvalue weighted by Gasteiger charge is 2.03. The summed E-state index contributed by atoms with van der Waals surface area (Å²) >= 11 is 5.91. The quantitative estimate of drug-likeness (QED) is 0.780. The Morgan fingerprint density at radius 3 is 2.47 bits per heavy atom. The van der Waals surface area contributed by atoms with E-state index in [-0.39, 0.29) is 0 Å². The van der Waals surface area contributed by atoms with Gasteiger partial charge >= 0.3 is 0 Å². The molecule has 0 aliphatic rings. The van der Waals surface area contributed by atoms with Crippen LogP contribution in [-0.2, 0) is 0 Å². The van der Waals surface area contributed by atoms with Gasteiger partial charge in [-0.15, -0.1) is 0 Å². The Morgan fingerprint density at radius 2 is 1.88 bits per heavy atom. The molecule has 2 aromatic rings. The Labute approximate surface area is 105 Å². The summed E-state index contributed by atoms with van der Waals surface area (Å²) in [5.41, 5.74) is 1.83. The van der Waals surface area contributed by atoms with Crippen molar-refractivity contribution in [1.29, 1.82) is 0 Å².